The number of phenols is 2. The molecule has 0 aliphatic rings. The van der Waals surface area contributed by atoms with Crippen LogP contribution >= 0.6 is 0 Å². The van der Waals surface area contributed by atoms with E-state index in [-0.39, 0.29) is 69.1 Å². The SMILES string of the molecule is COc1cc(C(=O)O)ccc1NC(=O)c1ccc(NC(=O)c2ccc(NC(=O)CNC(=O)c3ccc(NC(=O)c4ccc5cc(O)ccc5c4)cc3)cn2)c(OC)c1O. The predicted molar refractivity (Wildman–Crippen MR) is 216 cm³/mol. The highest BCUT2D eigenvalue weighted by molar-refractivity contribution is 6.10. The number of aromatic nitrogens is 1. The fourth-order valence-electron chi connectivity index (χ4n) is 5.72. The first-order valence-electron chi connectivity index (χ1n) is 17.5. The molecule has 0 atom stereocenters. The van der Waals surface area contributed by atoms with Crippen LogP contribution in [0.2, 0.25) is 0 Å². The summed E-state index contributed by atoms with van der Waals surface area (Å²) in [5.41, 5.74) is 1.11. The van der Waals surface area contributed by atoms with Gasteiger partial charge in [-0.15, -0.1) is 0 Å². The number of methoxy groups -OCH3 is 2. The highest BCUT2D eigenvalue weighted by Crippen LogP contribution is 2.38. The minimum absolute atomic E-state index is 0.00778. The van der Waals surface area contributed by atoms with Gasteiger partial charge in [0.2, 0.25) is 5.91 Å². The number of nitrogens with one attached hydrogen (secondary N) is 5. The molecule has 0 bridgehead atoms. The van der Waals surface area contributed by atoms with Crippen LogP contribution in [0.3, 0.4) is 0 Å². The van der Waals surface area contributed by atoms with E-state index in [1.54, 1.807) is 42.5 Å². The standard InChI is InChI=1S/C42H34N6O11/c1-58-34-19-26(42(56)57)8-14-31(34)47-40(54)30-13-16-32(37(59-2)36(30)51)48-41(55)33-15-11-28(20-43-33)45-35(50)21-44-38(52)22-5-9-27(10-6-22)46-39(53)25-4-3-24-18-29(49)12-7-23(24)17-25/h3-20,49,51H,21H2,1-2H3,(H,44,52)(H,45,50)(H,46,53)(H,47,54)(H,48,55)(H,56,57). The number of pyridine rings is 1. The van der Waals surface area contributed by atoms with Crippen LogP contribution in [0.1, 0.15) is 51.9 Å². The van der Waals surface area contributed by atoms with Crippen LogP contribution < -0.4 is 36.1 Å². The van der Waals surface area contributed by atoms with Gasteiger partial charge < -0.3 is 51.4 Å². The van der Waals surface area contributed by atoms with Gasteiger partial charge in [-0.1, -0.05) is 12.1 Å². The number of carbonyl (C=O) groups excluding carboxylic acids is 5. The zero-order chi connectivity index (χ0) is 42.2. The first-order valence-corrected chi connectivity index (χ1v) is 17.5. The molecule has 0 aliphatic carbocycles. The average Bonchev–Trinajstić information content (AvgIpc) is 3.23. The van der Waals surface area contributed by atoms with E-state index in [1.807, 2.05) is 0 Å². The molecule has 0 spiro atoms. The highest BCUT2D eigenvalue weighted by Gasteiger charge is 2.22. The summed E-state index contributed by atoms with van der Waals surface area (Å²) in [7, 11) is 2.52. The first kappa shape index (κ1) is 40.2. The number of carboxylic acids is 1. The summed E-state index contributed by atoms with van der Waals surface area (Å²) in [4.78, 5) is 79.5. The van der Waals surface area contributed by atoms with Crippen molar-refractivity contribution >= 4 is 69.0 Å². The molecule has 59 heavy (non-hydrogen) atoms. The summed E-state index contributed by atoms with van der Waals surface area (Å²) in [6.07, 6.45) is 1.23. The van der Waals surface area contributed by atoms with Gasteiger partial charge in [0.15, 0.2) is 11.5 Å². The van der Waals surface area contributed by atoms with E-state index < -0.39 is 35.3 Å². The molecular weight excluding hydrogens is 764 g/mol. The number of hydrogen-bond acceptors (Lipinski definition) is 11. The number of aromatic hydroxyl groups is 2. The van der Waals surface area contributed by atoms with Crippen LogP contribution in [0.25, 0.3) is 10.8 Å². The Kier molecular flexibility index (Phi) is 12.0. The molecule has 5 amide bonds. The van der Waals surface area contributed by atoms with E-state index in [9.17, 15) is 44.1 Å². The lowest BCUT2D eigenvalue weighted by Gasteiger charge is -2.15. The quantitative estimate of drug-likeness (QED) is 0.0722. The molecule has 6 rings (SSSR count). The lowest BCUT2D eigenvalue weighted by atomic mass is 10.1. The minimum atomic E-state index is -1.19. The van der Waals surface area contributed by atoms with Gasteiger partial charge in [-0.05, 0) is 102 Å². The smallest absolute Gasteiger partial charge is 0.335 e. The Labute approximate surface area is 334 Å². The monoisotopic (exact) mass is 798 g/mol. The molecule has 1 aromatic heterocycles. The van der Waals surface area contributed by atoms with Gasteiger partial charge in [0, 0.05) is 16.8 Å². The minimum Gasteiger partial charge on any atom is -0.508 e. The number of amides is 5. The molecule has 17 nitrogen and oxygen atoms in total. The number of carbonyl (C=O) groups is 6. The number of rotatable bonds is 13. The average molecular weight is 799 g/mol. The molecule has 5 aromatic carbocycles. The Hall–Kier alpha value is -8.47. The maximum absolute atomic E-state index is 13.0. The topological polar surface area (TPSA) is 255 Å². The molecule has 0 radical (unpaired) electrons. The molecule has 0 aliphatic heterocycles. The van der Waals surface area contributed by atoms with E-state index in [4.69, 9.17) is 9.47 Å². The van der Waals surface area contributed by atoms with Crippen LogP contribution in [-0.2, 0) is 4.79 Å². The number of hydrogen-bond donors (Lipinski definition) is 8. The summed E-state index contributed by atoms with van der Waals surface area (Å²) in [5.74, 6) is -4.78. The molecule has 8 N–H and O–H groups in total. The molecule has 0 fully saturated rings. The number of fused-ring (bicyclic) bond motifs is 1. The second-order valence-corrected chi connectivity index (χ2v) is 12.6. The van der Waals surface area contributed by atoms with E-state index >= 15 is 0 Å². The Balaban J connectivity index is 0.991. The summed E-state index contributed by atoms with van der Waals surface area (Å²) in [6.45, 7) is -0.388. The zero-order valence-corrected chi connectivity index (χ0v) is 31.2. The predicted octanol–water partition coefficient (Wildman–Crippen LogP) is 5.49. The van der Waals surface area contributed by atoms with Gasteiger partial charge in [0.1, 0.15) is 17.2 Å². The lowest BCUT2D eigenvalue weighted by molar-refractivity contribution is -0.115. The van der Waals surface area contributed by atoms with Crippen LogP contribution in [0.15, 0.2) is 109 Å². The van der Waals surface area contributed by atoms with Crippen LogP contribution in [0.4, 0.5) is 22.7 Å². The largest absolute Gasteiger partial charge is 0.508 e. The maximum atomic E-state index is 13.0. The van der Waals surface area contributed by atoms with Crippen LogP contribution in [0, 0.1) is 0 Å². The molecule has 298 valence electrons. The van der Waals surface area contributed by atoms with Crippen molar-refractivity contribution in [1.82, 2.24) is 10.3 Å². The molecule has 1 heterocycles. The van der Waals surface area contributed by atoms with Gasteiger partial charge >= 0.3 is 5.97 Å². The molecule has 0 saturated carbocycles. The second kappa shape index (κ2) is 17.5. The van der Waals surface area contributed by atoms with Gasteiger partial charge in [-0.2, -0.15) is 0 Å². The van der Waals surface area contributed by atoms with Crippen molar-refractivity contribution in [2.24, 2.45) is 0 Å². The number of carboxylic acid groups (broad SMARTS) is 1. The second-order valence-electron chi connectivity index (χ2n) is 12.6. The lowest BCUT2D eigenvalue weighted by Crippen LogP contribution is -2.32. The fraction of sp³-hybridized carbons (Fsp3) is 0.0714. The fourth-order valence-corrected chi connectivity index (χ4v) is 5.72. The van der Waals surface area contributed by atoms with Gasteiger partial charge in [-0.3, -0.25) is 24.0 Å². The van der Waals surface area contributed by atoms with Crippen molar-refractivity contribution in [3.63, 3.8) is 0 Å². The third kappa shape index (κ3) is 9.50. The normalized spacial score (nSPS) is 10.5. The van der Waals surface area contributed by atoms with Crippen molar-refractivity contribution in [1.29, 1.82) is 0 Å². The number of aromatic carboxylic acids is 1. The molecule has 0 saturated heterocycles. The van der Waals surface area contributed by atoms with E-state index in [0.717, 1.165) is 10.8 Å². The maximum Gasteiger partial charge on any atom is 0.335 e. The molecule has 6 aromatic rings. The third-order valence-corrected chi connectivity index (χ3v) is 8.71. The number of nitrogens with zero attached hydrogens (tertiary/aromatic N) is 1. The van der Waals surface area contributed by atoms with Crippen molar-refractivity contribution in [2.45, 2.75) is 0 Å². The Morgan fingerprint density at radius 1 is 0.593 bits per heavy atom. The summed E-state index contributed by atoms with van der Waals surface area (Å²) < 4.78 is 10.4. The Morgan fingerprint density at radius 3 is 1.95 bits per heavy atom. The summed E-state index contributed by atoms with van der Waals surface area (Å²) in [5, 5.41) is 44.2. The number of ether oxygens (including phenoxy) is 2. The van der Waals surface area contributed by atoms with Gasteiger partial charge in [0.05, 0.1) is 55.2 Å². The number of anilines is 4. The van der Waals surface area contributed by atoms with E-state index in [2.05, 4.69) is 31.6 Å². The van der Waals surface area contributed by atoms with Crippen LogP contribution in [-0.4, -0.2) is 76.6 Å². The van der Waals surface area contributed by atoms with Gasteiger partial charge in [-0.25, -0.2) is 9.78 Å². The van der Waals surface area contributed by atoms with Crippen molar-refractivity contribution in [2.75, 3.05) is 42.0 Å². The molecule has 17 heteroatoms. The van der Waals surface area contributed by atoms with Crippen molar-refractivity contribution in [3.05, 3.63) is 137 Å². The zero-order valence-electron chi connectivity index (χ0n) is 31.2. The Morgan fingerprint density at radius 2 is 1.25 bits per heavy atom. The van der Waals surface area contributed by atoms with E-state index in [1.165, 1.54) is 81.1 Å². The van der Waals surface area contributed by atoms with E-state index in [0.29, 0.717) is 11.3 Å². The third-order valence-electron chi connectivity index (χ3n) is 8.71. The van der Waals surface area contributed by atoms with Crippen molar-refractivity contribution in [3.8, 4) is 23.0 Å². The first-order chi connectivity index (χ1) is 28.3. The number of phenolic OH excluding ortho intramolecular Hbond substituents is 2. The summed E-state index contributed by atoms with van der Waals surface area (Å²) in [6, 6.07) is 25.1. The Bertz CT molecular complexity index is 2630. The molecule has 0 unspecified atom stereocenters. The highest BCUT2D eigenvalue weighted by atomic mass is 16.5. The van der Waals surface area contributed by atoms with Crippen LogP contribution in [0.5, 0.6) is 23.0 Å². The van der Waals surface area contributed by atoms with Gasteiger partial charge in [0.25, 0.3) is 23.6 Å². The molecular formula is C42H34N6O11. The number of benzene rings is 5. The van der Waals surface area contributed by atoms with Crippen molar-refractivity contribution < 1.29 is 53.6 Å². The summed E-state index contributed by atoms with van der Waals surface area (Å²) >= 11 is 0.